The first-order valence-electron chi connectivity index (χ1n) is 5.96. The molecule has 0 bridgehead atoms. The van der Waals surface area contributed by atoms with E-state index in [4.69, 9.17) is 0 Å². The van der Waals surface area contributed by atoms with Crippen LogP contribution in [0.4, 0.5) is 5.69 Å². The maximum atomic E-state index is 9.77. The Morgan fingerprint density at radius 2 is 1.94 bits per heavy atom. The zero-order valence-electron chi connectivity index (χ0n) is 11.0. The second-order valence-electron chi connectivity index (χ2n) is 4.82. The smallest absolute Gasteiger partial charge is 0.118 e. The van der Waals surface area contributed by atoms with E-state index < -0.39 is 0 Å². The maximum Gasteiger partial charge on any atom is 0.118 e. The van der Waals surface area contributed by atoms with E-state index in [9.17, 15) is 5.11 Å². The molecule has 1 rings (SSSR count). The van der Waals surface area contributed by atoms with Gasteiger partial charge in [0.05, 0.1) is 0 Å². The molecule has 1 atom stereocenters. The van der Waals surface area contributed by atoms with Crippen molar-refractivity contribution in [3.63, 3.8) is 0 Å². The molecule has 2 nitrogen and oxygen atoms in total. The molecule has 0 amide bonds. The van der Waals surface area contributed by atoms with Crippen molar-refractivity contribution in [3.05, 3.63) is 23.3 Å². The van der Waals surface area contributed by atoms with Gasteiger partial charge in [-0.3, -0.25) is 0 Å². The van der Waals surface area contributed by atoms with Crippen molar-refractivity contribution < 1.29 is 5.11 Å². The standard InChI is InChI=1S/C14H23NO/c1-6-10(2)9-12-11(3)14(16)8-7-13(12)15(4)5/h7-8,10,16H,6,9H2,1-5H3/t10-/m1/s1. The molecule has 0 spiro atoms. The van der Waals surface area contributed by atoms with E-state index in [1.54, 1.807) is 6.07 Å². The van der Waals surface area contributed by atoms with Gasteiger partial charge < -0.3 is 10.0 Å². The van der Waals surface area contributed by atoms with Gasteiger partial charge in [-0.2, -0.15) is 0 Å². The van der Waals surface area contributed by atoms with Crippen molar-refractivity contribution in [1.29, 1.82) is 0 Å². The summed E-state index contributed by atoms with van der Waals surface area (Å²) in [6.07, 6.45) is 2.20. The Labute approximate surface area is 98.9 Å². The van der Waals surface area contributed by atoms with Crippen LogP contribution >= 0.6 is 0 Å². The lowest BCUT2D eigenvalue weighted by Gasteiger charge is -2.22. The third-order valence-electron chi connectivity index (χ3n) is 3.28. The molecular formula is C14H23NO. The number of phenolic OH excluding ortho intramolecular Hbond substituents is 1. The normalized spacial score (nSPS) is 12.6. The molecule has 0 saturated heterocycles. The molecule has 0 aromatic heterocycles. The highest BCUT2D eigenvalue weighted by Gasteiger charge is 2.13. The lowest BCUT2D eigenvalue weighted by atomic mass is 9.93. The minimum absolute atomic E-state index is 0.406. The Morgan fingerprint density at radius 1 is 1.31 bits per heavy atom. The first-order valence-corrected chi connectivity index (χ1v) is 5.96. The van der Waals surface area contributed by atoms with Crippen molar-refractivity contribution in [3.8, 4) is 5.75 Å². The molecule has 0 radical (unpaired) electrons. The van der Waals surface area contributed by atoms with Gasteiger partial charge in [-0.25, -0.2) is 0 Å². The molecule has 0 heterocycles. The van der Waals surface area contributed by atoms with Crippen molar-refractivity contribution in [1.82, 2.24) is 0 Å². The summed E-state index contributed by atoms with van der Waals surface area (Å²) in [5.74, 6) is 1.06. The first kappa shape index (κ1) is 12.9. The third kappa shape index (κ3) is 2.69. The van der Waals surface area contributed by atoms with Gasteiger partial charge in [0.2, 0.25) is 0 Å². The van der Waals surface area contributed by atoms with Gasteiger partial charge >= 0.3 is 0 Å². The monoisotopic (exact) mass is 221 g/mol. The molecule has 0 aliphatic rings. The maximum absolute atomic E-state index is 9.77. The Hall–Kier alpha value is -1.18. The number of anilines is 1. The molecule has 1 aromatic carbocycles. The zero-order chi connectivity index (χ0) is 12.3. The third-order valence-corrected chi connectivity index (χ3v) is 3.28. The molecular weight excluding hydrogens is 198 g/mol. The van der Waals surface area contributed by atoms with E-state index in [-0.39, 0.29) is 0 Å². The second-order valence-corrected chi connectivity index (χ2v) is 4.82. The Kier molecular flexibility index (Phi) is 4.22. The number of phenols is 1. The molecule has 90 valence electrons. The van der Waals surface area contributed by atoms with Gasteiger partial charge in [0.25, 0.3) is 0 Å². The summed E-state index contributed by atoms with van der Waals surface area (Å²) in [6.45, 7) is 6.46. The number of rotatable bonds is 4. The highest BCUT2D eigenvalue weighted by Crippen LogP contribution is 2.31. The summed E-state index contributed by atoms with van der Waals surface area (Å²) in [4.78, 5) is 2.12. The Morgan fingerprint density at radius 3 is 2.44 bits per heavy atom. The van der Waals surface area contributed by atoms with Crippen LogP contribution in [0.15, 0.2) is 12.1 Å². The summed E-state index contributed by atoms with van der Waals surface area (Å²) in [6, 6.07) is 3.78. The van der Waals surface area contributed by atoms with Gasteiger partial charge in [-0.05, 0) is 42.5 Å². The van der Waals surface area contributed by atoms with Crippen molar-refractivity contribution >= 4 is 5.69 Å². The fourth-order valence-corrected chi connectivity index (χ4v) is 1.90. The zero-order valence-corrected chi connectivity index (χ0v) is 11.0. The molecule has 0 aliphatic carbocycles. The van der Waals surface area contributed by atoms with Gasteiger partial charge in [-0.1, -0.05) is 20.3 Å². The van der Waals surface area contributed by atoms with Crippen molar-refractivity contribution in [2.75, 3.05) is 19.0 Å². The SMILES string of the molecule is CC[C@@H](C)Cc1c(N(C)C)ccc(O)c1C. The average Bonchev–Trinajstić information content (AvgIpc) is 2.24. The van der Waals surface area contributed by atoms with Gasteiger partial charge in [0, 0.05) is 19.8 Å². The average molecular weight is 221 g/mol. The molecule has 0 aliphatic heterocycles. The summed E-state index contributed by atoms with van der Waals surface area (Å²) >= 11 is 0. The number of hydrogen-bond donors (Lipinski definition) is 1. The van der Waals surface area contributed by atoms with Crippen LogP contribution < -0.4 is 4.90 Å². The number of hydrogen-bond acceptors (Lipinski definition) is 2. The van der Waals surface area contributed by atoms with E-state index >= 15 is 0 Å². The van der Waals surface area contributed by atoms with E-state index in [0.29, 0.717) is 11.7 Å². The second kappa shape index (κ2) is 5.24. The van der Waals surface area contributed by atoms with Crippen LogP contribution in [0.2, 0.25) is 0 Å². The summed E-state index contributed by atoms with van der Waals surface area (Å²) in [7, 11) is 4.10. The van der Waals surface area contributed by atoms with Gasteiger partial charge in [0.15, 0.2) is 0 Å². The summed E-state index contributed by atoms with van der Waals surface area (Å²) in [5, 5.41) is 9.77. The molecule has 0 saturated carbocycles. The van der Waals surface area contributed by atoms with E-state index in [1.165, 1.54) is 17.7 Å². The predicted molar refractivity (Wildman–Crippen MR) is 70.3 cm³/mol. The fraction of sp³-hybridized carbons (Fsp3) is 0.571. The quantitative estimate of drug-likeness (QED) is 0.842. The molecule has 1 aromatic rings. The van der Waals surface area contributed by atoms with E-state index in [1.807, 2.05) is 27.1 Å². The van der Waals surface area contributed by atoms with Crippen LogP contribution in [-0.4, -0.2) is 19.2 Å². The number of nitrogens with zero attached hydrogens (tertiary/aromatic N) is 1. The molecule has 0 fully saturated rings. The van der Waals surface area contributed by atoms with Crippen LogP contribution in [0.25, 0.3) is 0 Å². The number of benzene rings is 1. The molecule has 16 heavy (non-hydrogen) atoms. The van der Waals surface area contributed by atoms with Crippen LogP contribution in [-0.2, 0) is 6.42 Å². The minimum atomic E-state index is 0.406. The van der Waals surface area contributed by atoms with Crippen LogP contribution in [0, 0.1) is 12.8 Å². The summed E-state index contributed by atoms with van der Waals surface area (Å²) in [5.41, 5.74) is 3.52. The van der Waals surface area contributed by atoms with E-state index in [2.05, 4.69) is 18.7 Å². The van der Waals surface area contributed by atoms with Crippen molar-refractivity contribution in [2.45, 2.75) is 33.6 Å². The van der Waals surface area contributed by atoms with E-state index in [0.717, 1.165) is 12.0 Å². The Balaban J connectivity index is 3.15. The summed E-state index contributed by atoms with van der Waals surface area (Å²) < 4.78 is 0. The molecule has 2 heteroatoms. The molecule has 1 N–H and O–H groups in total. The lowest BCUT2D eigenvalue weighted by Crippen LogP contribution is -2.13. The van der Waals surface area contributed by atoms with Crippen LogP contribution in [0.5, 0.6) is 5.75 Å². The minimum Gasteiger partial charge on any atom is -0.508 e. The predicted octanol–water partition coefficient (Wildman–Crippen LogP) is 3.36. The van der Waals surface area contributed by atoms with Gasteiger partial charge in [0.1, 0.15) is 5.75 Å². The lowest BCUT2D eigenvalue weighted by molar-refractivity contribution is 0.468. The Bertz CT molecular complexity index is 358. The number of aromatic hydroxyl groups is 1. The highest BCUT2D eigenvalue weighted by atomic mass is 16.3. The van der Waals surface area contributed by atoms with Gasteiger partial charge in [-0.15, -0.1) is 0 Å². The van der Waals surface area contributed by atoms with Crippen molar-refractivity contribution in [2.24, 2.45) is 5.92 Å². The van der Waals surface area contributed by atoms with Crippen LogP contribution in [0.3, 0.4) is 0 Å². The first-order chi connectivity index (χ1) is 7.47. The largest absolute Gasteiger partial charge is 0.508 e. The van der Waals surface area contributed by atoms with Crippen LogP contribution in [0.1, 0.15) is 31.4 Å². The molecule has 0 unspecified atom stereocenters. The highest BCUT2D eigenvalue weighted by molar-refractivity contribution is 5.59. The fourth-order valence-electron chi connectivity index (χ4n) is 1.90. The topological polar surface area (TPSA) is 23.5 Å².